The highest BCUT2D eigenvalue weighted by atomic mass is 127. The van der Waals surface area contributed by atoms with Crippen molar-refractivity contribution in [3.63, 3.8) is 0 Å². The molecule has 1 unspecified atom stereocenters. The van der Waals surface area contributed by atoms with Gasteiger partial charge in [-0.15, -0.1) is 24.0 Å². The second-order valence-electron chi connectivity index (χ2n) is 7.59. The van der Waals surface area contributed by atoms with Gasteiger partial charge < -0.3 is 25.0 Å². The van der Waals surface area contributed by atoms with Crippen LogP contribution in [0, 0.1) is 0 Å². The van der Waals surface area contributed by atoms with Crippen molar-refractivity contribution in [3.05, 3.63) is 24.3 Å². The van der Waals surface area contributed by atoms with Gasteiger partial charge in [0.05, 0.1) is 17.5 Å². The summed E-state index contributed by atoms with van der Waals surface area (Å²) in [5.74, 6) is 0.957. The third-order valence-electron chi connectivity index (χ3n) is 5.47. The molecule has 2 aliphatic rings. The smallest absolute Gasteiger partial charge is 0.213 e. The van der Waals surface area contributed by atoms with Gasteiger partial charge in [0.15, 0.2) is 5.96 Å². The van der Waals surface area contributed by atoms with Crippen LogP contribution in [0.3, 0.4) is 0 Å². The molecule has 2 fully saturated rings. The summed E-state index contributed by atoms with van der Waals surface area (Å²) in [5, 5.41) is 13.2. The summed E-state index contributed by atoms with van der Waals surface area (Å²) in [5.41, 5.74) is 0.833. The lowest BCUT2D eigenvalue weighted by Gasteiger charge is -2.37. The Bertz CT molecular complexity index is 810. The molecule has 3 N–H and O–H groups in total. The fourth-order valence-electron chi connectivity index (χ4n) is 3.78. The summed E-state index contributed by atoms with van der Waals surface area (Å²) in [6, 6.07) is 7.33. The molecule has 1 aromatic carbocycles. The van der Waals surface area contributed by atoms with Crippen molar-refractivity contribution in [1.82, 2.24) is 14.9 Å². The number of benzene rings is 1. The lowest BCUT2D eigenvalue weighted by Crippen LogP contribution is -2.53. The van der Waals surface area contributed by atoms with Crippen molar-refractivity contribution in [3.8, 4) is 5.75 Å². The number of phenolic OH excluding ortho intramolecular Hbond substituents is 1. The van der Waals surface area contributed by atoms with Crippen LogP contribution in [0.15, 0.2) is 29.3 Å². The minimum atomic E-state index is -3.37. The highest BCUT2D eigenvalue weighted by Crippen LogP contribution is 2.27. The van der Waals surface area contributed by atoms with E-state index in [0.717, 1.165) is 51.1 Å². The molecular formula is C20H34IN5O4S. The number of rotatable bonds is 7. The van der Waals surface area contributed by atoms with Crippen LogP contribution < -0.4 is 14.9 Å². The molecule has 0 aliphatic carbocycles. The molecule has 0 aromatic heterocycles. The quantitative estimate of drug-likeness (QED) is 0.258. The molecule has 0 amide bonds. The summed E-state index contributed by atoms with van der Waals surface area (Å²) < 4.78 is 32.7. The highest BCUT2D eigenvalue weighted by Gasteiger charge is 2.22. The number of hydrogen-bond donors (Lipinski definition) is 3. The van der Waals surface area contributed by atoms with E-state index in [2.05, 4.69) is 24.8 Å². The zero-order valence-corrected chi connectivity index (χ0v) is 21.1. The molecule has 1 atom stereocenters. The summed E-state index contributed by atoms with van der Waals surface area (Å²) in [6.07, 6.45) is 3.02. The highest BCUT2D eigenvalue weighted by molar-refractivity contribution is 14.0. The fraction of sp³-hybridized carbons (Fsp3) is 0.650. The van der Waals surface area contributed by atoms with Crippen LogP contribution >= 0.6 is 24.0 Å². The molecule has 0 spiro atoms. The first-order valence-electron chi connectivity index (χ1n) is 10.6. The lowest BCUT2D eigenvalue weighted by molar-refractivity contribution is 0.0200. The molecule has 0 saturated carbocycles. The van der Waals surface area contributed by atoms with Gasteiger partial charge in [-0.2, -0.15) is 0 Å². The molecule has 2 heterocycles. The van der Waals surface area contributed by atoms with Gasteiger partial charge in [-0.1, -0.05) is 12.1 Å². The lowest BCUT2D eigenvalue weighted by atomic mass is 10.1. The van der Waals surface area contributed by atoms with Gasteiger partial charge in [0.1, 0.15) is 5.75 Å². The second kappa shape index (κ2) is 12.7. The van der Waals surface area contributed by atoms with E-state index in [1.54, 1.807) is 13.1 Å². The van der Waals surface area contributed by atoms with E-state index in [-0.39, 0.29) is 48.1 Å². The van der Waals surface area contributed by atoms with Crippen molar-refractivity contribution in [1.29, 1.82) is 0 Å². The molecule has 31 heavy (non-hydrogen) atoms. The number of nitrogens with zero attached hydrogens (tertiary/aromatic N) is 3. The monoisotopic (exact) mass is 567 g/mol. The maximum absolute atomic E-state index is 12.3. The second-order valence-corrected chi connectivity index (χ2v) is 9.52. The number of aliphatic imine (C=N–C) groups is 1. The van der Waals surface area contributed by atoms with Gasteiger partial charge in [-0.3, -0.25) is 4.99 Å². The first-order valence-corrected chi connectivity index (χ1v) is 12.2. The maximum atomic E-state index is 12.3. The number of phenols is 1. The third-order valence-corrected chi connectivity index (χ3v) is 6.82. The number of piperazine rings is 1. The molecule has 2 aliphatic heterocycles. The Morgan fingerprint density at radius 1 is 1.23 bits per heavy atom. The van der Waals surface area contributed by atoms with Crippen LogP contribution in [0.25, 0.3) is 0 Å². The van der Waals surface area contributed by atoms with Crippen LogP contribution in [0.1, 0.15) is 19.3 Å². The van der Waals surface area contributed by atoms with E-state index in [1.807, 2.05) is 18.2 Å². The van der Waals surface area contributed by atoms with Crippen LogP contribution in [0.5, 0.6) is 5.75 Å². The first-order chi connectivity index (χ1) is 14.5. The van der Waals surface area contributed by atoms with E-state index in [4.69, 9.17) is 4.74 Å². The van der Waals surface area contributed by atoms with Gasteiger partial charge in [0, 0.05) is 52.9 Å². The molecule has 0 radical (unpaired) electrons. The number of para-hydroxylation sites is 2. The number of sulfonamides is 1. The third kappa shape index (κ3) is 7.95. The van der Waals surface area contributed by atoms with E-state index >= 15 is 0 Å². The Labute approximate surface area is 202 Å². The van der Waals surface area contributed by atoms with Gasteiger partial charge in [-0.05, 0) is 31.4 Å². The van der Waals surface area contributed by atoms with E-state index in [0.29, 0.717) is 19.1 Å². The topological polar surface area (TPSA) is 106 Å². The Hall–Kier alpha value is -1.31. The molecule has 2 saturated heterocycles. The van der Waals surface area contributed by atoms with Gasteiger partial charge in [0.25, 0.3) is 0 Å². The molecule has 11 heteroatoms. The number of aromatic hydroxyl groups is 1. The zero-order valence-electron chi connectivity index (χ0n) is 18.0. The summed E-state index contributed by atoms with van der Waals surface area (Å²) >= 11 is 0. The number of guanidine groups is 1. The largest absolute Gasteiger partial charge is 0.506 e. The number of anilines is 1. The van der Waals surface area contributed by atoms with Crippen molar-refractivity contribution >= 4 is 45.6 Å². The number of ether oxygens (including phenoxy) is 1. The van der Waals surface area contributed by atoms with Crippen LogP contribution in [0.2, 0.25) is 0 Å². The standard InChI is InChI=1S/C20H33N5O4S.HI/c1-21-20(22-9-15-30(27,28)23-16-17-6-4-5-14-29-17)25-12-10-24(11-13-25)18-7-2-3-8-19(18)26;/h2-3,7-8,17,23,26H,4-6,9-16H2,1H3,(H,21,22);1H. The van der Waals surface area contributed by atoms with Crippen molar-refractivity contribution in [2.45, 2.75) is 25.4 Å². The van der Waals surface area contributed by atoms with Crippen molar-refractivity contribution < 1.29 is 18.3 Å². The minimum absolute atomic E-state index is 0. The SMILES string of the molecule is CN=C(NCCS(=O)(=O)NCC1CCCCO1)N1CCN(c2ccccc2O)CC1.I. The molecule has 9 nitrogen and oxygen atoms in total. The molecule has 176 valence electrons. The normalized spacial score (nSPS) is 20.3. The predicted octanol–water partition coefficient (Wildman–Crippen LogP) is 1.20. The van der Waals surface area contributed by atoms with Crippen molar-refractivity contribution in [2.75, 3.05) is 63.6 Å². The Morgan fingerprint density at radius 2 is 1.97 bits per heavy atom. The van der Waals surface area contributed by atoms with Gasteiger partial charge >= 0.3 is 0 Å². The molecule has 1 aromatic rings. The van der Waals surface area contributed by atoms with Gasteiger partial charge in [-0.25, -0.2) is 13.1 Å². The summed E-state index contributed by atoms with van der Waals surface area (Å²) in [4.78, 5) is 8.54. The molecule has 3 rings (SSSR count). The average molecular weight is 567 g/mol. The number of halogens is 1. The average Bonchev–Trinajstić information content (AvgIpc) is 2.77. The van der Waals surface area contributed by atoms with Crippen LogP contribution in [0.4, 0.5) is 5.69 Å². The first kappa shape index (κ1) is 25.9. The molecular weight excluding hydrogens is 533 g/mol. The van der Waals surface area contributed by atoms with Gasteiger partial charge in [0.2, 0.25) is 10.0 Å². The maximum Gasteiger partial charge on any atom is 0.213 e. The van der Waals surface area contributed by atoms with E-state index < -0.39 is 10.0 Å². The number of hydrogen-bond acceptors (Lipinski definition) is 6. The van der Waals surface area contributed by atoms with Crippen LogP contribution in [-0.2, 0) is 14.8 Å². The summed E-state index contributed by atoms with van der Waals surface area (Å²) in [6.45, 7) is 4.30. The Balaban J connectivity index is 0.00000341. The van der Waals surface area contributed by atoms with E-state index in [9.17, 15) is 13.5 Å². The fourth-order valence-corrected chi connectivity index (χ4v) is 4.74. The van der Waals surface area contributed by atoms with Crippen molar-refractivity contribution in [2.24, 2.45) is 4.99 Å². The number of nitrogens with one attached hydrogen (secondary N) is 2. The summed E-state index contributed by atoms with van der Waals surface area (Å²) in [7, 11) is -1.67. The Kier molecular flexibility index (Phi) is 10.6. The van der Waals surface area contributed by atoms with Crippen LogP contribution in [-0.4, -0.2) is 89.2 Å². The predicted molar refractivity (Wildman–Crippen MR) is 134 cm³/mol. The Morgan fingerprint density at radius 3 is 2.61 bits per heavy atom. The minimum Gasteiger partial charge on any atom is -0.506 e. The van der Waals surface area contributed by atoms with E-state index in [1.165, 1.54) is 0 Å². The zero-order chi connectivity index (χ0) is 21.4. The molecule has 0 bridgehead atoms.